The monoisotopic (exact) mass is 289 g/mol. The maximum atomic E-state index is 6.09. The molecule has 0 bridgehead atoms. The third kappa shape index (κ3) is 2.42. The third-order valence-electron chi connectivity index (χ3n) is 4.90. The van der Waals surface area contributed by atoms with Crippen LogP contribution in [0.5, 0.6) is 0 Å². The van der Waals surface area contributed by atoms with Gasteiger partial charge in [0.1, 0.15) is 0 Å². The predicted octanol–water partition coefficient (Wildman–Crippen LogP) is 2.41. The van der Waals surface area contributed by atoms with Crippen molar-refractivity contribution in [3.05, 3.63) is 30.3 Å². The number of benzene rings is 1. The Morgan fingerprint density at radius 2 is 1.60 bits per heavy atom. The number of hydrogen-bond donors (Lipinski definition) is 1. The molecule has 1 aromatic rings. The number of nitrogens with zero attached hydrogens (tertiary/aromatic N) is 2. The van der Waals surface area contributed by atoms with Gasteiger partial charge < -0.3 is 10.6 Å². The average molecular weight is 289 g/mol. The van der Waals surface area contributed by atoms with E-state index < -0.39 is 0 Å². The van der Waals surface area contributed by atoms with E-state index in [1.807, 2.05) is 0 Å². The molecule has 1 saturated heterocycles. The lowest BCUT2D eigenvalue weighted by Gasteiger charge is -2.46. The van der Waals surface area contributed by atoms with E-state index in [1.54, 1.807) is 0 Å². The fourth-order valence-corrected chi connectivity index (χ4v) is 4.04. The standard InChI is InChI=1S/C16H23N3S/c17-15(20)16(8-4-5-9-16)19-12-10-18(11-13-19)14-6-2-1-3-7-14/h1-3,6-7H,4-5,8-13H2,(H2,17,20). The van der Waals surface area contributed by atoms with Crippen LogP contribution in [0.1, 0.15) is 25.7 Å². The Morgan fingerprint density at radius 3 is 2.15 bits per heavy atom. The van der Waals surface area contributed by atoms with Gasteiger partial charge in [-0.25, -0.2) is 0 Å². The molecule has 1 aliphatic heterocycles. The zero-order valence-corrected chi connectivity index (χ0v) is 12.7. The van der Waals surface area contributed by atoms with Crippen molar-refractivity contribution in [2.24, 2.45) is 5.73 Å². The van der Waals surface area contributed by atoms with Crippen molar-refractivity contribution in [1.82, 2.24) is 4.90 Å². The molecule has 108 valence electrons. The smallest absolute Gasteiger partial charge is 0.0934 e. The summed E-state index contributed by atoms with van der Waals surface area (Å²) in [7, 11) is 0. The molecule has 0 aromatic heterocycles. The van der Waals surface area contributed by atoms with Gasteiger partial charge in [-0.15, -0.1) is 0 Å². The Balaban J connectivity index is 1.68. The van der Waals surface area contributed by atoms with Crippen molar-refractivity contribution in [1.29, 1.82) is 0 Å². The van der Waals surface area contributed by atoms with Crippen LogP contribution >= 0.6 is 12.2 Å². The van der Waals surface area contributed by atoms with E-state index >= 15 is 0 Å². The maximum absolute atomic E-state index is 6.09. The Labute approximate surface area is 126 Å². The van der Waals surface area contributed by atoms with Crippen LogP contribution in [-0.2, 0) is 0 Å². The van der Waals surface area contributed by atoms with E-state index in [1.165, 1.54) is 18.5 Å². The molecule has 3 rings (SSSR count). The average Bonchev–Trinajstić information content (AvgIpc) is 2.99. The van der Waals surface area contributed by atoms with Crippen LogP contribution in [0.15, 0.2) is 30.3 Å². The highest BCUT2D eigenvalue weighted by Gasteiger charge is 2.43. The lowest BCUT2D eigenvalue weighted by molar-refractivity contribution is 0.143. The number of para-hydroxylation sites is 1. The summed E-state index contributed by atoms with van der Waals surface area (Å²) in [5.41, 5.74) is 7.42. The summed E-state index contributed by atoms with van der Waals surface area (Å²) in [6.07, 6.45) is 4.81. The Kier molecular flexibility index (Phi) is 3.94. The molecule has 2 fully saturated rings. The Bertz CT molecular complexity index is 460. The molecule has 0 spiro atoms. The summed E-state index contributed by atoms with van der Waals surface area (Å²) >= 11 is 5.39. The molecular weight excluding hydrogens is 266 g/mol. The van der Waals surface area contributed by atoms with Crippen LogP contribution < -0.4 is 10.6 Å². The molecule has 4 heteroatoms. The van der Waals surface area contributed by atoms with Gasteiger partial charge >= 0.3 is 0 Å². The van der Waals surface area contributed by atoms with Gasteiger partial charge in [-0.2, -0.15) is 0 Å². The summed E-state index contributed by atoms with van der Waals surface area (Å²) in [6, 6.07) is 10.7. The molecule has 0 unspecified atom stereocenters. The first-order chi connectivity index (χ1) is 9.72. The van der Waals surface area contributed by atoms with Crippen molar-refractivity contribution in [2.45, 2.75) is 31.2 Å². The molecule has 0 amide bonds. The Morgan fingerprint density at radius 1 is 1.00 bits per heavy atom. The van der Waals surface area contributed by atoms with Gasteiger partial charge in [0.05, 0.1) is 10.5 Å². The first kappa shape index (κ1) is 13.8. The molecule has 1 aromatic carbocycles. The molecule has 1 heterocycles. The fraction of sp³-hybridized carbons (Fsp3) is 0.562. The van der Waals surface area contributed by atoms with Crippen molar-refractivity contribution in [2.75, 3.05) is 31.1 Å². The summed E-state index contributed by atoms with van der Waals surface area (Å²) in [5, 5.41) is 0. The van der Waals surface area contributed by atoms with Gasteiger partial charge in [-0.3, -0.25) is 4.90 Å². The zero-order chi connectivity index (χ0) is 14.0. The molecule has 1 saturated carbocycles. The van der Waals surface area contributed by atoms with Gasteiger partial charge in [0, 0.05) is 31.9 Å². The number of hydrogen-bond acceptors (Lipinski definition) is 3. The second-order valence-electron chi connectivity index (χ2n) is 5.91. The number of rotatable bonds is 3. The van der Waals surface area contributed by atoms with E-state index in [-0.39, 0.29) is 5.54 Å². The number of thiocarbonyl (C=S) groups is 1. The minimum Gasteiger partial charge on any atom is -0.392 e. The maximum Gasteiger partial charge on any atom is 0.0934 e. The molecule has 2 N–H and O–H groups in total. The summed E-state index contributed by atoms with van der Waals surface area (Å²) in [6.45, 7) is 4.25. The van der Waals surface area contributed by atoms with E-state index in [2.05, 4.69) is 40.1 Å². The first-order valence-corrected chi connectivity index (χ1v) is 7.98. The van der Waals surface area contributed by atoms with E-state index in [0.717, 1.165) is 39.0 Å². The van der Waals surface area contributed by atoms with Crippen molar-refractivity contribution in [3.63, 3.8) is 0 Å². The predicted molar refractivity (Wildman–Crippen MR) is 88.2 cm³/mol. The third-order valence-corrected chi connectivity index (χ3v) is 5.28. The van der Waals surface area contributed by atoms with Crippen molar-refractivity contribution in [3.8, 4) is 0 Å². The van der Waals surface area contributed by atoms with Gasteiger partial charge in [-0.1, -0.05) is 43.3 Å². The van der Waals surface area contributed by atoms with Crippen LogP contribution in [0.4, 0.5) is 5.69 Å². The van der Waals surface area contributed by atoms with Crippen LogP contribution in [0.2, 0.25) is 0 Å². The molecule has 0 atom stereocenters. The summed E-state index contributed by atoms with van der Waals surface area (Å²) in [5.74, 6) is 0. The van der Waals surface area contributed by atoms with Crippen LogP contribution in [-0.4, -0.2) is 41.6 Å². The molecule has 1 aliphatic carbocycles. The first-order valence-electron chi connectivity index (χ1n) is 7.57. The van der Waals surface area contributed by atoms with Crippen LogP contribution in [0, 0.1) is 0 Å². The van der Waals surface area contributed by atoms with Crippen molar-refractivity contribution >= 4 is 22.9 Å². The number of piperazine rings is 1. The minimum atomic E-state index is 0.0120. The highest BCUT2D eigenvalue weighted by molar-refractivity contribution is 7.80. The second-order valence-corrected chi connectivity index (χ2v) is 6.35. The lowest BCUT2D eigenvalue weighted by Crippen LogP contribution is -2.61. The van der Waals surface area contributed by atoms with Crippen LogP contribution in [0.3, 0.4) is 0 Å². The number of nitrogens with two attached hydrogens (primary N) is 1. The molecule has 0 radical (unpaired) electrons. The largest absolute Gasteiger partial charge is 0.392 e. The molecular formula is C16H23N3S. The van der Waals surface area contributed by atoms with E-state index in [9.17, 15) is 0 Å². The fourth-order valence-electron chi connectivity index (χ4n) is 3.71. The zero-order valence-electron chi connectivity index (χ0n) is 11.9. The van der Waals surface area contributed by atoms with Gasteiger partial charge in [0.2, 0.25) is 0 Å². The number of anilines is 1. The minimum absolute atomic E-state index is 0.0120. The quantitative estimate of drug-likeness (QED) is 0.866. The molecule has 20 heavy (non-hydrogen) atoms. The lowest BCUT2D eigenvalue weighted by atomic mass is 9.94. The van der Waals surface area contributed by atoms with Gasteiger partial charge in [0.15, 0.2) is 0 Å². The summed E-state index contributed by atoms with van der Waals surface area (Å²) in [4.78, 5) is 5.71. The van der Waals surface area contributed by atoms with Crippen molar-refractivity contribution < 1.29 is 0 Å². The SMILES string of the molecule is NC(=S)C1(N2CCN(c3ccccc3)CC2)CCCC1. The van der Waals surface area contributed by atoms with E-state index in [4.69, 9.17) is 18.0 Å². The highest BCUT2D eigenvalue weighted by atomic mass is 32.1. The van der Waals surface area contributed by atoms with Crippen LogP contribution in [0.25, 0.3) is 0 Å². The topological polar surface area (TPSA) is 32.5 Å². The molecule has 3 nitrogen and oxygen atoms in total. The summed E-state index contributed by atoms with van der Waals surface area (Å²) < 4.78 is 0. The highest BCUT2D eigenvalue weighted by Crippen LogP contribution is 2.36. The Hall–Kier alpha value is -1.13. The normalized spacial score (nSPS) is 22.9. The van der Waals surface area contributed by atoms with Gasteiger partial charge in [0.25, 0.3) is 0 Å². The molecule has 2 aliphatic rings. The van der Waals surface area contributed by atoms with E-state index in [0.29, 0.717) is 4.99 Å². The second kappa shape index (κ2) is 5.70. The van der Waals surface area contributed by atoms with Gasteiger partial charge in [-0.05, 0) is 25.0 Å².